The molecule has 0 spiro atoms. The van der Waals surface area contributed by atoms with Gasteiger partial charge in [0.15, 0.2) is 0 Å². The highest BCUT2D eigenvalue weighted by molar-refractivity contribution is 5.74. The maximum atomic E-state index is 11.6. The maximum absolute atomic E-state index is 11.6. The molecule has 0 aromatic heterocycles. The normalized spacial score (nSPS) is 14.9. The van der Waals surface area contributed by atoms with E-state index < -0.39 is 0 Å². The van der Waals surface area contributed by atoms with E-state index in [1.807, 2.05) is 25.1 Å². The van der Waals surface area contributed by atoms with Crippen molar-refractivity contribution in [2.45, 2.75) is 26.3 Å². The highest BCUT2D eigenvalue weighted by atomic mass is 16.5. The molecule has 1 heterocycles. The molecule has 2 rings (SSSR count). The minimum Gasteiger partial charge on any atom is -0.381 e. The average molecular weight is 260 g/mol. The third kappa shape index (κ3) is 4.75. The Morgan fingerprint density at radius 3 is 2.89 bits per heavy atom. The summed E-state index contributed by atoms with van der Waals surface area (Å²) in [5.74, 6) is 0. The van der Waals surface area contributed by atoms with E-state index in [1.54, 1.807) is 6.20 Å². The van der Waals surface area contributed by atoms with Crippen LogP contribution in [0.15, 0.2) is 36.0 Å². The number of amides is 2. The number of carbonyl (C=O) groups is 1. The summed E-state index contributed by atoms with van der Waals surface area (Å²) in [5, 5.41) is 5.61. The first-order chi connectivity index (χ1) is 9.24. The number of benzene rings is 1. The summed E-state index contributed by atoms with van der Waals surface area (Å²) >= 11 is 0. The first kappa shape index (κ1) is 13.6. The second-order valence-electron chi connectivity index (χ2n) is 4.73. The molecule has 4 nitrogen and oxygen atoms in total. The Hall–Kier alpha value is -1.81. The molecule has 0 saturated carbocycles. The van der Waals surface area contributed by atoms with Gasteiger partial charge >= 0.3 is 6.03 Å². The second kappa shape index (κ2) is 6.95. The predicted octanol–water partition coefficient (Wildman–Crippen LogP) is 2.49. The summed E-state index contributed by atoms with van der Waals surface area (Å²) < 4.78 is 5.25. The number of rotatable bonds is 3. The summed E-state index contributed by atoms with van der Waals surface area (Å²) in [6.45, 7) is 4.08. The quantitative estimate of drug-likeness (QED) is 0.877. The molecule has 4 heteroatoms. The first-order valence-electron chi connectivity index (χ1n) is 6.59. The Kier molecular flexibility index (Phi) is 4.98. The van der Waals surface area contributed by atoms with Gasteiger partial charge in [0, 0.05) is 12.7 Å². The number of carbonyl (C=O) groups excluding carboxylic acids is 1. The first-order valence-corrected chi connectivity index (χ1v) is 6.59. The van der Waals surface area contributed by atoms with Gasteiger partial charge in [0.1, 0.15) is 0 Å². The lowest BCUT2D eigenvalue weighted by Crippen LogP contribution is -2.32. The van der Waals surface area contributed by atoms with E-state index in [9.17, 15) is 4.79 Å². The monoisotopic (exact) mass is 260 g/mol. The highest BCUT2D eigenvalue weighted by Gasteiger charge is 2.05. The molecule has 1 fully saturated rings. The predicted molar refractivity (Wildman–Crippen MR) is 74.7 cm³/mol. The van der Waals surface area contributed by atoms with Crippen molar-refractivity contribution in [2.24, 2.45) is 0 Å². The lowest BCUT2D eigenvalue weighted by molar-refractivity contribution is 0.119. The van der Waals surface area contributed by atoms with E-state index >= 15 is 0 Å². The van der Waals surface area contributed by atoms with Crippen molar-refractivity contribution in [1.29, 1.82) is 0 Å². The third-order valence-corrected chi connectivity index (χ3v) is 3.08. The van der Waals surface area contributed by atoms with Crippen molar-refractivity contribution >= 4 is 6.03 Å². The average Bonchev–Trinajstić information content (AvgIpc) is 2.44. The van der Waals surface area contributed by atoms with Crippen molar-refractivity contribution < 1.29 is 9.53 Å². The molecule has 1 aliphatic rings. The lowest BCUT2D eigenvalue weighted by atomic mass is 10.1. The molecule has 19 heavy (non-hydrogen) atoms. The molecule has 102 valence electrons. The molecule has 2 N–H and O–H groups in total. The zero-order valence-corrected chi connectivity index (χ0v) is 11.2. The molecule has 0 aliphatic carbocycles. The molecule has 1 saturated heterocycles. The molecular weight excluding hydrogens is 240 g/mol. The van der Waals surface area contributed by atoms with Crippen molar-refractivity contribution in [3.05, 3.63) is 47.2 Å². The molecule has 0 atom stereocenters. The summed E-state index contributed by atoms with van der Waals surface area (Å²) in [5.41, 5.74) is 3.54. The minimum absolute atomic E-state index is 0.166. The number of hydrogen-bond donors (Lipinski definition) is 2. The number of aryl methyl sites for hydroxylation is 1. The van der Waals surface area contributed by atoms with Gasteiger partial charge in [0.2, 0.25) is 0 Å². The number of urea groups is 1. The van der Waals surface area contributed by atoms with E-state index in [0.717, 1.165) is 31.6 Å². The fourth-order valence-corrected chi connectivity index (χ4v) is 2.00. The van der Waals surface area contributed by atoms with Crippen molar-refractivity contribution in [3.63, 3.8) is 0 Å². The Labute approximate surface area is 113 Å². The number of ether oxygens (including phenoxy) is 1. The summed E-state index contributed by atoms with van der Waals surface area (Å²) in [4.78, 5) is 11.6. The Balaban J connectivity index is 1.75. The van der Waals surface area contributed by atoms with Gasteiger partial charge in [-0.05, 0) is 30.9 Å². The van der Waals surface area contributed by atoms with Gasteiger partial charge in [-0.2, -0.15) is 0 Å². The molecule has 2 amide bonds. The van der Waals surface area contributed by atoms with Crippen LogP contribution in [0.4, 0.5) is 4.79 Å². The minimum atomic E-state index is -0.166. The van der Waals surface area contributed by atoms with Crippen LogP contribution >= 0.6 is 0 Å². The largest absolute Gasteiger partial charge is 0.381 e. The van der Waals surface area contributed by atoms with Gasteiger partial charge in [-0.15, -0.1) is 0 Å². The van der Waals surface area contributed by atoms with E-state index in [2.05, 4.69) is 16.7 Å². The summed E-state index contributed by atoms with van der Waals surface area (Å²) in [6.07, 6.45) is 3.60. The van der Waals surface area contributed by atoms with Crippen LogP contribution < -0.4 is 10.6 Å². The van der Waals surface area contributed by atoms with Crippen molar-refractivity contribution in [3.8, 4) is 0 Å². The van der Waals surface area contributed by atoms with E-state index in [0.29, 0.717) is 6.54 Å². The van der Waals surface area contributed by atoms with E-state index in [4.69, 9.17) is 4.74 Å². The van der Waals surface area contributed by atoms with Crippen LogP contribution in [0.3, 0.4) is 0 Å². The van der Waals surface area contributed by atoms with E-state index in [-0.39, 0.29) is 6.03 Å². The van der Waals surface area contributed by atoms with Gasteiger partial charge in [0.05, 0.1) is 13.2 Å². The van der Waals surface area contributed by atoms with Gasteiger partial charge in [-0.1, -0.05) is 29.8 Å². The lowest BCUT2D eigenvalue weighted by Gasteiger charge is -2.14. The maximum Gasteiger partial charge on any atom is 0.319 e. The summed E-state index contributed by atoms with van der Waals surface area (Å²) in [6, 6.07) is 7.94. The zero-order chi connectivity index (χ0) is 13.5. The summed E-state index contributed by atoms with van der Waals surface area (Å²) in [7, 11) is 0. The van der Waals surface area contributed by atoms with Crippen LogP contribution in [-0.4, -0.2) is 19.2 Å². The molecule has 1 aromatic carbocycles. The molecule has 0 unspecified atom stereocenters. The van der Waals surface area contributed by atoms with Crippen molar-refractivity contribution in [1.82, 2.24) is 10.6 Å². The zero-order valence-electron chi connectivity index (χ0n) is 11.2. The standard InChI is InChI=1S/C15H20N2O2/c1-12-3-2-4-14(9-12)11-17-15(18)16-10-13-5-7-19-8-6-13/h2-4,9-10H,5-8,11H2,1H3,(H2,16,17,18). The van der Waals surface area contributed by atoms with E-state index in [1.165, 1.54) is 11.1 Å². The van der Waals surface area contributed by atoms with Crippen LogP contribution in [0, 0.1) is 6.92 Å². The Morgan fingerprint density at radius 1 is 1.37 bits per heavy atom. The van der Waals surface area contributed by atoms with Crippen LogP contribution in [0.1, 0.15) is 24.0 Å². The fourth-order valence-electron chi connectivity index (χ4n) is 2.00. The molecule has 1 aliphatic heterocycles. The van der Waals surface area contributed by atoms with Crippen LogP contribution in [0.25, 0.3) is 0 Å². The second-order valence-corrected chi connectivity index (χ2v) is 4.73. The smallest absolute Gasteiger partial charge is 0.319 e. The topological polar surface area (TPSA) is 50.4 Å². The van der Waals surface area contributed by atoms with Crippen LogP contribution in [0.2, 0.25) is 0 Å². The van der Waals surface area contributed by atoms with Crippen LogP contribution in [0.5, 0.6) is 0 Å². The number of hydrogen-bond acceptors (Lipinski definition) is 2. The third-order valence-electron chi connectivity index (χ3n) is 3.08. The fraction of sp³-hybridized carbons (Fsp3) is 0.400. The Bertz CT molecular complexity index is 461. The molecule has 0 bridgehead atoms. The van der Waals surface area contributed by atoms with Gasteiger partial charge in [0.25, 0.3) is 0 Å². The van der Waals surface area contributed by atoms with Crippen molar-refractivity contribution in [2.75, 3.05) is 13.2 Å². The Morgan fingerprint density at radius 2 is 2.16 bits per heavy atom. The van der Waals surface area contributed by atoms with Crippen LogP contribution in [-0.2, 0) is 11.3 Å². The number of nitrogens with one attached hydrogen (secondary N) is 2. The SMILES string of the molecule is Cc1cccc(CNC(=O)NC=C2CCOCC2)c1. The molecular formula is C15H20N2O2. The van der Waals surface area contributed by atoms with Gasteiger partial charge in [-0.3, -0.25) is 0 Å². The van der Waals surface area contributed by atoms with Gasteiger partial charge < -0.3 is 15.4 Å². The highest BCUT2D eigenvalue weighted by Crippen LogP contribution is 2.11. The molecule has 0 radical (unpaired) electrons. The molecule has 1 aromatic rings. The van der Waals surface area contributed by atoms with Gasteiger partial charge in [-0.25, -0.2) is 4.79 Å².